The number of thiophene rings is 1. The minimum absolute atomic E-state index is 0.0794. The second-order valence-corrected chi connectivity index (χ2v) is 8.08. The maximum atomic E-state index is 12.1. The molecule has 96 valence electrons. The van der Waals surface area contributed by atoms with Gasteiger partial charge in [-0.1, -0.05) is 0 Å². The van der Waals surface area contributed by atoms with Crippen LogP contribution in [0.15, 0.2) is 9.10 Å². The lowest BCUT2D eigenvalue weighted by atomic mass is 10.4. The zero-order valence-electron chi connectivity index (χ0n) is 9.51. The van der Waals surface area contributed by atoms with E-state index in [1.165, 1.54) is 13.8 Å². The van der Waals surface area contributed by atoms with Crippen molar-refractivity contribution in [2.24, 2.45) is 0 Å². The van der Waals surface area contributed by atoms with Gasteiger partial charge in [0.1, 0.15) is 4.90 Å². The third-order valence-electron chi connectivity index (χ3n) is 2.15. The summed E-state index contributed by atoms with van der Waals surface area (Å²) in [4.78, 5) is 10.5. The van der Waals surface area contributed by atoms with Crippen molar-refractivity contribution in [1.82, 2.24) is 0 Å². The number of hydrogen-bond acceptors (Lipinski definition) is 7. The largest absolute Gasteiger partial charge is 0.544 e. The Balaban J connectivity index is 3.59. The molecule has 0 spiro atoms. The molecule has 8 heteroatoms. The predicted octanol–water partition coefficient (Wildman–Crippen LogP) is 0.598. The van der Waals surface area contributed by atoms with Gasteiger partial charge in [0.25, 0.3) is 0 Å². The molecule has 0 aromatic carbocycles. The average molecular weight is 294 g/mol. The van der Waals surface area contributed by atoms with E-state index in [4.69, 9.17) is 5.73 Å². The van der Waals surface area contributed by atoms with Crippen molar-refractivity contribution in [1.29, 1.82) is 0 Å². The summed E-state index contributed by atoms with van der Waals surface area (Å²) < 4.78 is 24.5. The molecular formula is C9H12NO4S3-. The average Bonchev–Trinajstić information content (AvgIpc) is 2.55. The van der Waals surface area contributed by atoms with Crippen LogP contribution in [-0.2, 0) is 9.84 Å². The molecule has 0 bridgehead atoms. The normalized spacial score (nSPS) is 12.0. The standard InChI is InChI=1S/C9H13NO4S3/c1-4(2)17(13,14)7-5(10)6(8(11)12)16-9(7)15-3/h4H,10H2,1-3H3,(H,11,12)/p-1. The third kappa shape index (κ3) is 2.43. The number of carbonyl (C=O) groups excluding carboxylic acids is 1. The van der Waals surface area contributed by atoms with Gasteiger partial charge in [0.05, 0.1) is 26.0 Å². The number of hydrogen-bond donors (Lipinski definition) is 1. The third-order valence-corrected chi connectivity index (χ3v) is 6.94. The van der Waals surface area contributed by atoms with Gasteiger partial charge in [-0.05, 0) is 20.1 Å². The number of nitrogens with two attached hydrogens (primary N) is 1. The summed E-state index contributed by atoms with van der Waals surface area (Å²) >= 11 is 2.00. The van der Waals surface area contributed by atoms with Crippen LogP contribution in [0.1, 0.15) is 23.5 Å². The molecule has 0 unspecified atom stereocenters. The number of aromatic carboxylic acids is 1. The first kappa shape index (κ1) is 14.3. The molecule has 1 aromatic heterocycles. The molecule has 0 saturated heterocycles. The number of carbonyl (C=O) groups is 1. The molecule has 1 rings (SSSR count). The Bertz CT molecular complexity index is 545. The smallest absolute Gasteiger partial charge is 0.184 e. The maximum Gasteiger partial charge on any atom is 0.184 e. The first-order chi connectivity index (χ1) is 7.73. The van der Waals surface area contributed by atoms with Crippen LogP contribution < -0.4 is 10.8 Å². The van der Waals surface area contributed by atoms with Gasteiger partial charge in [0.15, 0.2) is 9.84 Å². The number of carboxylic acid groups (broad SMARTS) is 1. The van der Waals surface area contributed by atoms with Crippen LogP contribution in [0.3, 0.4) is 0 Å². The van der Waals surface area contributed by atoms with E-state index in [9.17, 15) is 18.3 Å². The Morgan fingerprint density at radius 2 is 2.00 bits per heavy atom. The molecule has 0 atom stereocenters. The van der Waals surface area contributed by atoms with Gasteiger partial charge in [0.2, 0.25) is 0 Å². The van der Waals surface area contributed by atoms with Crippen LogP contribution in [-0.4, -0.2) is 25.9 Å². The van der Waals surface area contributed by atoms with Gasteiger partial charge in [-0.25, -0.2) is 8.42 Å². The lowest BCUT2D eigenvalue weighted by Crippen LogP contribution is -2.22. The molecule has 17 heavy (non-hydrogen) atoms. The van der Waals surface area contributed by atoms with Crippen molar-refractivity contribution in [3.63, 3.8) is 0 Å². The summed E-state index contributed by atoms with van der Waals surface area (Å²) in [6.45, 7) is 3.05. The summed E-state index contributed by atoms with van der Waals surface area (Å²) in [7, 11) is -3.59. The second kappa shape index (κ2) is 4.87. The highest BCUT2D eigenvalue weighted by atomic mass is 32.2. The molecule has 1 aromatic rings. The van der Waals surface area contributed by atoms with E-state index >= 15 is 0 Å². The molecule has 5 nitrogen and oxygen atoms in total. The van der Waals surface area contributed by atoms with E-state index in [2.05, 4.69) is 0 Å². The Morgan fingerprint density at radius 3 is 2.35 bits per heavy atom. The topological polar surface area (TPSA) is 100 Å². The second-order valence-electron chi connectivity index (χ2n) is 3.55. The lowest BCUT2D eigenvalue weighted by molar-refractivity contribution is -0.254. The van der Waals surface area contributed by atoms with Crippen molar-refractivity contribution in [2.75, 3.05) is 12.0 Å². The van der Waals surface area contributed by atoms with Crippen molar-refractivity contribution >= 4 is 44.6 Å². The van der Waals surface area contributed by atoms with Gasteiger partial charge in [-0.3, -0.25) is 0 Å². The van der Waals surface area contributed by atoms with E-state index in [1.54, 1.807) is 6.26 Å². The number of rotatable bonds is 4. The van der Waals surface area contributed by atoms with E-state index in [0.717, 1.165) is 23.1 Å². The summed E-state index contributed by atoms with van der Waals surface area (Å²) in [6.07, 6.45) is 1.67. The van der Waals surface area contributed by atoms with Gasteiger partial charge in [0, 0.05) is 0 Å². The Labute approximate surface area is 108 Å². The molecule has 0 amide bonds. The molecule has 0 aliphatic rings. The highest BCUT2D eigenvalue weighted by molar-refractivity contribution is 8.01. The molecule has 0 aliphatic carbocycles. The Morgan fingerprint density at radius 1 is 1.47 bits per heavy atom. The van der Waals surface area contributed by atoms with E-state index < -0.39 is 21.1 Å². The quantitative estimate of drug-likeness (QED) is 0.816. The summed E-state index contributed by atoms with van der Waals surface area (Å²) in [6, 6.07) is 0. The van der Waals surface area contributed by atoms with Gasteiger partial charge in [-0.15, -0.1) is 23.1 Å². The summed E-state index contributed by atoms with van der Waals surface area (Å²) in [5.74, 6) is -1.45. The van der Waals surface area contributed by atoms with E-state index in [0.29, 0.717) is 4.21 Å². The number of sulfone groups is 1. The van der Waals surface area contributed by atoms with E-state index in [-0.39, 0.29) is 15.5 Å². The highest BCUT2D eigenvalue weighted by Gasteiger charge is 2.29. The number of thioether (sulfide) groups is 1. The monoisotopic (exact) mass is 294 g/mol. The number of carboxylic acids is 1. The minimum Gasteiger partial charge on any atom is -0.544 e. The van der Waals surface area contributed by atoms with Gasteiger partial charge >= 0.3 is 0 Å². The zero-order chi connectivity index (χ0) is 13.4. The fourth-order valence-corrected chi connectivity index (χ4v) is 5.01. The molecule has 0 saturated carbocycles. The maximum absolute atomic E-state index is 12.1. The molecule has 0 radical (unpaired) electrons. The first-order valence-electron chi connectivity index (χ1n) is 4.65. The van der Waals surface area contributed by atoms with Gasteiger partial charge < -0.3 is 15.6 Å². The zero-order valence-corrected chi connectivity index (χ0v) is 12.0. The molecule has 2 N–H and O–H groups in total. The van der Waals surface area contributed by atoms with Crippen LogP contribution in [0.25, 0.3) is 0 Å². The molecule has 1 heterocycles. The van der Waals surface area contributed by atoms with Gasteiger partial charge in [-0.2, -0.15) is 0 Å². The van der Waals surface area contributed by atoms with Crippen LogP contribution in [0.2, 0.25) is 0 Å². The highest BCUT2D eigenvalue weighted by Crippen LogP contribution is 2.41. The van der Waals surface area contributed by atoms with Crippen LogP contribution in [0, 0.1) is 0 Å². The molecule has 0 aliphatic heterocycles. The van der Waals surface area contributed by atoms with Crippen LogP contribution in [0.4, 0.5) is 5.69 Å². The molecular weight excluding hydrogens is 282 g/mol. The van der Waals surface area contributed by atoms with Crippen LogP contribution in [0.5, 0.6) is 0 Å². The Hall–Kier alpha value is -0.730. The van der Waals surface area contributed by atoms with Crippen LogP contribution >= 0.6 is 23.1 Å². The summed E-state index contributed by atoms with van der Waals surface area (Å²) in [5, 5.41) is 10.2. The summed E-state index contributed by atoms with van der Waals surface area (Å²) in [5.41, 5.74) is 5.39. The lowest BCUT2D eigenvalue weighted by Gasteiger charge is -2.09. The predicted molar refractivity (Wildman–Crippen MR) is 67.2 cm³/mol. The SMILES string of the molecule is CSc1sc(C(=O)[O-])c(N)c1S(=O)(=O)C(C)C. The number of anilines is 1. The Kier molecular flexibility index (Phi) is 4.11. The van der Waals surface area contributed by atoms with Crippen molar-refractivity contribution in [3.05, 3.63) is 4.88 Å². The minimum atomic E-state index is -3.59. The first-order valence-corrected chi connectivity index (χ1v) is 8.23. The fourth-order valence-electron chi connectivity index (χ4n) is 1.20. The van der Waals surface area contributed by atoms with Crippen molar-refractivity contribution in [3.8, 4) is 0 Å². The number of nitrogen functional groups attached to an aromatic ring is 1. The van der Waals surface area contributed by atoms with E-state index in [1.807, 2.05) is 0 Å². The van der Waals surface area contributed by atoms with Crippen molar-refractivity contribution in [2.45, 2.75) is 28.2 Å². The molecule has 0 fully saturated rings. The van der Waals surface area contributed by atoms with Crippen molar-refractivity contribution < 1.29 is 18.3 Å². The fraction of sp³-hybridized carbons (Fsp3) is 0.444.